The van der Waals surface area contributed by atoms with Gasteiger partial charge in [0.25, 0.3) is 0 Å². The molecule has 0 unspecified atom stereocenters. The first-order valence-electron chi connectivity index (χ1n) is 4.40. The zero-order valence-electron chi connectivity index (χ0n) is 8.40. The summed E-state index contributed by atoms with van der Waals surface area (Å²) in [5.74, 6) is -3.27. The number of hydrogen-bond donors (Lipinski definition) is 5. The predicted octanol–water partition coefficient (Wildman–Crippen LogP) is -2.78. The smallest absolute Gasteiger partial charge is 0.330 e. The molecule has 0 aromatic heterocycles. The van der Waals surface area contributed by atoms with Gasteiger partial charge in [-0.15, -0.1) is 0 Å². The second-order valence-corrected chi connectivity index (χ2v) is 3.51. The fraction of sp³-hybridized carbons (Fsp3) is 0.286. The molecule has 0 spiro atoms. The van der Waals surface area contributed by atoms with E-state index in [-0.39, 0.29) is 5.11 Å². The van der Waals surface area contributed by atoms with Gasteiger partial charge >= 0.3 is 6.03 Å². The van der Waals surface area contributed by atoms with E-state index in [4.69, 9.17) is 5.73 Å². The van der Waals surface area contributed by atoms with Gasteiger partial charge in [-0.3, -0.25) is 19.8 Å². The average molecular weight is 259 g/mol. The monoisotopic (exact) mass is 259 g/mol. The maximum absolute atomic E-state index is 11.3. The summed E-state index contributed by atoms with van der Waals surface area (Å²) in [6.07, 6.45) is -0.430. The minimum absolute atomic E-state index is 0.105. The Kier molecular flexibility index (Phi) is 3.93. The van der Waals surface area contributed by atoms with E-state index in [9.17, 15) is 19.2 Å². The number of carbonyl (C=O) groups excluding carboxylic acids is 4. The number of hydrogen-bond acceptors (Lipinski definition) is 5. The van der Waals surface area contributed by atoms with Gasteiger partial charge in [0.15, 0.2) is 5.11 Å². The largest absolute Gasteiger partial charge is 0.350 e. The minimum atomic E-state index is -1.20. The van der Waals surface area contributed by atoms with Crippen LogP contribution in [0.4, 0.5) is 4.79 Å². The van der Waals surface area contributed by atoms with Gasteiger partial charge in [0.2, 0.25) is 17.7 Å². The molecular weight excluding hydrogens is 250 g/mol. The lowest BCUT2D eigenvalue weighted by atomic mass is 10.0. The molecule has 17 heavy (non-hydrogen) atoms. The second-order valence-electron chi connectivity index (χ2n) is 3.10. The second kappa shape index (κ2) is 5.21. The molecule has 0 radical (unpaired) electrons. The van der Waals surface area contributed by atoms with E-state index in [1.165, 1.54) is 0 Å². The van der Waals surface area contributed by atoms with Crippen molar-refractivity contribution in [2.24, 2.45) is 11.7 Å². The number of rotatable bonds is 2. The third-order valence-electron chi connectivity index (χ3n) is 1.82. The molecule has 5 amide bonds. The minimum Gasteiger partial charge on any atom is -0.350 e. The van der Waals surface area contributed by atoms with Gasteiger partial charge in [-0.25, -0.2) is 10.2 Å². The van der Waals surface area contributed by atoms with Crippen LogP contribution in [-0.4, -0.2) is 28.9 Å². The summed E-state index contributed by atoms with van der Waals surface area (Å²) in [7, 11) is 0. The highest BCUT2D eigenvalue weighted by Gasteiger charge is 2.34. The molecule has 9 nitrogen and oxygen atoms in total. The van der Waals surface area contributed by atoms with Crippen LogP contribution < -0.4 is 27.2 Å². The van der Waals surface area contributed by atoms with Crippen LogP contribution in [0.5, 0.6) is 0 Å². The Morgan fingerprint density at radius 3 is 2.24 bits per heavy atom. The third-order valence-corrected chi connectivity index (χ3v) is 2.03. The lowest BCUT2D eigenvalue weighted by Gasteiger charge is -2.21. The van der Waals surface area contributed by atoms with Crippen LogP contribution in [-0.2, 0) is 14.4 Å². The molecule has 0 aromatic carbocycles. The van der Waals surface area contributed by atoms with Crippen molar-refractivity contribution in [3.63, 3.8) is 0 Å². The quantitative estimate of drug-likeness (QED) is 0.207. The molecule has 1 saturated heterocycles. The molecule has 0 saturated carbocycles. The molecule has 0 aromatic rings. The van der Waals surface area contributed by atoms with E-state index >= 15 is 0 Å². The lowest BCUT2D eigenvalue weighted by molar-refractivity contribution is -0.139. The van der Waals surface area contributed by atoms with Gasteiger partial charge in [0.1, 0.15) is 5.92 Å². The van der Waals surface area contributed by atoms with Gasteiger partial charge in [-0.1, -0.05) is 0 Å². The molecule has 0 atom stereocenters. The number of thiocarbonyl (C=S) groups is 1. The zero-order chi connectivity index (χ0) is 13.0. The third kappa shape index (κ3) is 3.68. The number of nitrogens with two attached hydrogens (primary N) is 1. The molecule has 0 bridgehead atoms. The first-order valence-corrected chi connectivity index (χ1v) is 4.81. The molecule has 92 valence electrons. The molecule has 0 aliphatic carbocycles. The van der Waals surface area contributed by atoms with Crippen molar-refractivity contribution >= 4 is 41.1 Å². The summed E-state index contributed by atoms with van der Waals surface area (Å²) in [4.78, 5) is 44.2. The number of nitrogens with one attached hydrogen (secondary N) is 4. The molecule has 6 N–H and O–H groups in total. The Morgan fingerprint density at radius 2 is 1.76 bits per heavy atom. The lowest BCUT2D eigenvalue weighted by Crippen LogP contribution is -2.57. The van der Waals surface area contributed by atoms with Gasteiger partial charge in [0, 0.05) is 6.42 Å². The maximum atomic E-state index is 11.3. The Balaban J connectivity index is 2.52. The van der Waals surface area contributed by atoms with Crippen LogP contribution in [0.15, 0.2) is 0 Å². The summed E-state index contributed by atoms with van der Waals surface area (Å²) in [5.41, 5.74) is 8.46. The summed E-state index contributed by atoms with van der Waals surface area (Å²) < 4.78 is 0. The van der Waals surface area contributed by atoms with Gasteiger partial charge in [0.05, 0.1) is 0 Å². The van der Waals surface area contributed by atoms with Crippen LogP contribution in [0.2, 0.25) is 0 Å². The van der Waals surface area contributed by atoms with Crippen LogP contribution in [0, 0.1) is 5.92 Å². The van der Waals surface area contributed by atoms with E-state index in [0.717, 1.165) is 0 Å². The molecular formula is C7H9N5O4S. The van der Waals surface area contributed by atoms with Crippen LogP contribution in [0.1, 0.15) is 6.42 Å². The topological polar surface area (TPSA) is 142 Å². The number of carbonyl (C=O) groups is 4. The predicted molar refractivity (Wildman–Crippen MR) is 57.9 cm³/mol. The Hall–Kier alpha value is -2.23. The van der Waals surface area contributed by atoms with Crippen molar-refractivity contribution in [2.75, 3.05) is 0 Å². The summed E-state index contributed by atoms with van der Waals surface area (Å²) in [5, 5.41) is 4.29. The Morgan fingerprint density at radius 1 is 1.24 bits per heavy atom. The highest BCUT2D eigenvalue weighted by molar-refractivity contribution is 7.80. The molecule has 1 heterocycles. The van der Waals surface area contributed by atoms with Crippen molar-refractivity contribution < 1.29 is 19.2 Å². The molecule has 10 heteroatoms. The van der Waals surface area contributed by atoms with Crippen molar-refractivity contribution in [1.29, 1.82) is 0 Å². The number of urea groups is 1. The maximum Gasteiger partial charge on any atom is 0.330 e. The molecule has 1 fully saturated rings. The fourth-order valence-corrected chi connectivity index (χ4v) is 1.30. The van der Waals surface area contributed by atoms with Crippen molar-refractivity contribution in [3.05, 3.63) is 0 Å². The van der Waals surface area contributed by atoms with Crippen LogP contribution >= 0.6 is 12.2 Å². The fourth-order valence-electron chi connectivity index (χ4n) is 1.10. The van der Waals surface area contributed by atoms with Crippen LogP contribution in [0.25, 0.3) is 0 Å². The first-order chi connectivity index (χ1) is 7.90. The van der Waals surface area contributed by atoms with Crippen molar-refractivity contribution in [1.82, 2.24) is 21.5 Å². The summed E-state index contributed by atoms with van der Waals surface area (Å²) in [6.45, 7) is 0. The van der Waals surface area contributed by atoms with Gasteiger partial charge < -0.3 is 16.4 Å². The Bertz CT molecular complexity index is 389. The highest BCUT2D eigenvalue weighted by Crippen LogP contribution is 2.06. The van der Waals surface area contributed by atoms with Gasteiger partial charge in [-0.2, -0.15) is 0 Å². The highest BCUT2D eigenvalue weighted by atomic mass is 32.1. The zero-order valence-corrected chi connectivity index (χ0v) is 9.22. The van der Waals surface area contributed by atoms with Crippen molar-refractivity contribution in [2.45, 2.75) is 6.42 Å². The molecule has 1 aliphatic heterocycles. The molecule has 1 aliphatic rings. The van der Waals surface area contributed by atoms with E-state index in [1.807, 2.05) is 10.9 Å². The van der Waals surface area contributed by atoms with E-state index in [0.29, 0.717) is 0 Å². The average Bonchev–Trinajstić information content (AvgIpc) is 2.20. The SMILES string of the molecule is NC(=O)NNC(=O)CC1C(=O)NC(=S)NC1=O. The first kappa shape index (κ1) is 12.8. The Labute approximate surface area is 100 Å². The van der Waals surface area contributed by atoms with E-state index in [1.54, 1.807) is 0 Å². The van der Waals surface area contributed by atoms with Gasteiger partial charge in [-0.05, 0) is 12.2 Å². The number of primary amides is 1. The summed E-state index contributed by atoms with van der Waals surface area (Å²) >= 11 is 4.57. The number of hydrazine groups is 1. The van der Waals surface area contributed by atoms with Crippen molar-refractivity contribution in [3.8, 4) is 0 Å². The standard InChI is InChI=1S/C7H9N5O4S/c8-6(16)12-11-3(13)1-2-4(14)9-7(17)10-5(2)15/h2H,1H2,(H,11,13)(H3,8,12,16)(H2,9,10,14,15,17). The summed E-state index contributed by atoms with van der Waals surface area (Å²) in [6, 6.07) is -0.961. The normalized spacial score (nSPS) is 15.9. The van der Waals surface area contributed by atoms with Crippen LogP contribution in [0.3, 0.4) is 0 Å². The molecule has 1 rings (SSSR count). The van der Waals surface area contributed by atoms with E-state index in [2.05, 4.69) is 22.9 Å². The number of amides is 5. The van der Waals surface area contributed by atoms with E-state index < -0.39 is 36.1 Å².